The molecule has 0 bridgehead atoms. The van der Waals surface area contributed by atoms with Gasteiger partial charge in [0.25, 0.3) is 0 Å². The molecule has 2 aromatic rings. The number of carbonyl (C=O) groups excluding carboxylic acids is 1. The van der Waals surface area contributed by atoms with Crippen molar-refractivity contribution >= 4 is 40.5 Å². The minimum absolute atomic E-state index is 0.0514. The number of rotatable bonds is 4. The Morgan fingerprint density at radius 1 is 1.05 bits per heavy atom. The molecule has 0 aromatic heterocycles. The number of carbonyl (C=O) groups is 1. The number of anilines is 2. The molecule has 2 N–H and O–H groups in total. The third-order valence-electron chi connectivity index (χ3n) is 2.87. The van der Waals surface area contributed by atoms with Crippen LogP contribution >= 0.6 is 23.2 Å². The number of amides is 1. The van der Waals surface area contributed by atoms with Crippen LogP contribution in [0.2, 0.25) is 10.0 Å². The zero-order chi connectivity index (χ0) is 14.5. The quantitative estimate of drug-likeness (QED) is 0.895. The van der Waals surface area contributed by atoms with Crippen molar-refractivity contribution in [2.45, 2.75) is 6.42 Å². The molecule has 0 aliphatic rings. The maximum Gasteiger partial charge on any atom is 0.224 e. The number of para-hydroxylation sites is 2. The van der Waals surface area contributed by atoms with Gasteiger partial charge >= 0.3 is 0 Å². The summed E-state index contributed by atoms with van der Waals surface area (Å²) >= 11 is 12.3. The third-order valence-corrected chi connectivity index (χ3v) is 3.50. The first-order valence-electron chi connectivity index (χ1n) is 6.11. The summed E-state index contributed by atoms with van der Waals surface area (Å²) in [4.78, 5) is 11.5. The van der Waals surface area contributed by atoms with E-state index in [0.717, 1.165) is 11.3 Å². The Balaban J connectivity index is 2.32. The highest BCUT2D eigenvalue weighted by Crippen LogP contribution is 2.33. The minimum Gasteiger partial charge on any atom is -0.359 e. The Kier molecular flexibility index (Phi) is 4.88. The van der Waals surface area contributed by atoms with E-state index in [2.05, 4.69) is 10.6 Å². The summed E-state index contributed by atoms with van der Waals surface area (Å²) < 4.78 is 0. The molecule has 0 aliphatic heterocycles. The first-order chi connectivity index (χ1) is 9.61. The molecule has 0 atom stereocenters. The first-order valence-corrected chi connectivity index (χ1v) is 6.87. The number of halogens is 2. The van der Waals surface area contributed by atoms with Gasteiger partial charge in [-0.15, -0.1) is 0 Å². The van der Waals surface area contributed by atoms with E-state index in [1.807, 2.05) is 24.3 Å². The van der Waals surface area contributed by atoms with E-state index in [9.17, 15) is 4.79 Å². The lowest BCUT2D eigenvalue weighted by molar-refractivity contribution is -0.119. The lowest BCUT2D eigenvalue weighted by Crippen LogP contribution is -2.20. The summed E-state index contributed by atoms with van der Waals surface area (Å²) in [6.45, 7) is 0. The Morgan fingerprint density at radius 2 is 1.70 bits per heavy atom. The molecule has 2 rings (SSSR count). The van der Waals surface area contributed by atoms with Crippen molar-refractivity contribution in [3.63, 3.8) is 0 Å². The molecule has 0 heterocycles. The summed E-state index contributed by atoms with van der Waals surface area (Å²) in [5.74, 6) is -0.0514. The van der Waals surface area contributed by atoms with Crippen molar-refractivity contribution in [2.24, 2.45) is 0 Å². The predicted octanol–water partition coefficient (Wildman–Crippen LogP) is 4.03. The van der Waals surface area contributed by atoms with Crippen LogP contribution in [0.25, 0.3) is 0 Å². The van der Waals surface area contributed by atoms with Gasteiger partial charge in [0.15, 0.2) is 0 Å². The van der Waals surface area contributed by atoms with Gasteiger partial charge in [-0.05, 0) is 23.8 Å². The molecule has 0 saturated heterocycles. The van der Waals surface area contributed by atoms with Crippen molar-refractivity contribution in [1.29, 1.82) is 0 Å². The Bertz CT molecular complexity index is 609. The Morgan fingerprint density at radius 3 is 2.35 bits per heavy atom. The number of hydrogen-bond donors (Lipinski definition) is 2. The zero-order valence-corrected chi connectivity index (χ0v) is 12.4. The van der Waals surface area contributed by atoms with E-state index < -0.39 is 0 Å². The predicted molar refractivity (Wildman–Crippen MR) is 84.0 cm³/mol. The molecule has 2 aromatic carbocycles. The topological polar surface area (TPSA) is 41.1 Å². The Hall–Kier alpha value is -1.71. The van der Waals surface area contributed by atoms with E-state index in [-0.39, 0.29) is 5.91 Å². The second kappa shape index (κ2) is 6.64. The van der Waals surface area contributed by atoms with Crippen molar-refractivity contribution in [3.8, 4) is 0 Å². The van der Waals surface area contributed by atoms with E-state index in [4.69, 9.17) is 23.2 Å². The second-order valence-electron chi connectivity index (χ2n) is 4.23. The van der Waals surface area contributed by atoms with Gasteiger partial charge in [0.05, 0.1) is 22.2 Å². The third kappa shape index (κ3) is 3.44. The van der Waals surface area contributed by atoms with Crippen molar-refractivity contribution in [2.75, 3.05) is 12.4 Å². The average molecular weight is 309 g/mol. The van der Waals surface area contributed by atoms with Crippen LogP contribution in [0, 0.1) is 0 Å². The lowest BCUT2D eigenvalue weighted by atomic mass is 10.1. The molecule has 0 fully saturated rings. The number of benzene rings is 2. The molecular weight excluding hydrogens is 295 g/mol. The van der Waals surface area contributed by atoms with E-state index in [1.165, 1.54) is 0 Å². The fourth-order valence-corrected chi connectivity index (χ4v) is 2.30. The van der Waals surface area contributed by atoms with Gasteiger partial charge in [0.1, 0.15) is 0 Å². The number of hydrogen-bond acceptors (Lipinski definition) is 2. The molecule has 20 heavy (non-hydrogen) atoms. The van der Waals surface area contributed by atoms with Gasteiger partial charge in [0, 0.05) is 12.7 Å². The smallest absolute Gasteiger partial charge is 0.224 e. The summed E-state index contributed by atoms with van der Waals surface area (Å²) in [6.07, 6.45) is 0.293. The molecule has 0 spiro atoms. The SMILES string of the molecule is CNC(=O)Cc1ccccc1Nc1c(Cl)cccc1Cl. The van der Waals surface area contributed by atoms with Crippen LogP contribution in [0.4, 0.5) is 11.4 Å². The van der Waals surface area contributed by atoms with Crippen LogP contribution < -0.4 is 10.6 Å². The normalized spacial score (nSPS) is 10.2. The Labute approximate surface area is 127 Å². The first kappa shape index (κ1) is 14.7. The minimum atomic E-state index is -0.0514. The van der Waals surface area contributed by atoms with Crippen LogP contribution in [0.3, 0.4) is 0 Å². The molecule has 0 saturated carbocycles. The monoisotopic (exact) mass is 308 g/mol. The van der Waals surface area contributed by atoms with Gasteiger partial charge < -0.3 is 10.6 Å². The lowest BCUT2D eigenvalue weighted by Gasteiger charge is -2.14. The fourth-order valence-electron chi connectivity index (χ4n) is 1.81. The highest BCUT2D eigenvalue weighted by atomic mass is 35.5. The maximum atomic E-state index is 11.5. The standard InChI is InChI=1S/C15H14Cl2N2O/c1-18-14(20)9-10-5-2-3-8-13(10)19-15-11(16)6-4-7-12(15)17/h2-8,19H,9H2,1H3,(H,18,20). The molecule has 3 nitrogen and oxygen atoms in total. The van der Waals surface area contributed by atoms with Crippen LogP contribution in [0.5, 0.6) is 0 Å². The van der Waals surface area contributed by atoms with Gasteiger partial charge in [-0.1, -0.05) is 47.5 Å². The molecule has 0 radical (unpaired) electrons. The molecular formula is C15H14Cl2N2O. The highest BCUT2D eigenvalue weighted by molar-refractivity contribution is 6.39. The van der Waals surface area contributed by atoms with Crippen LogP contribution in [-0.4, -0.2) is 13.0 Å². The summed E-state index contributed by atoms with van der Waals surface area (Å²) in [5, 5.41) is 6.87. The van der Waals surface area contributed by atoms with Crippen LogP contribution in [-0.2, 0) is 11.2 Å². The van der Waals surface area contributed by atoms with Crippen molar-refractivity contribution in [1.82, 2.24) is 5.32 Å². The second-order valence-corrected chi connectivity index (χ2v) is 5.04. The van der Waals surface area contributed by atoms with Crippen molar-refractivity contribution < 1.29 is 4.79 Å². The van der Waals surface area contributed by atoms with E-state index in [1.54, 1.807) is 25.2 Å². The average Bonchev–Trinajstić information content (AvgIpc) is 2.44. The highest BCUT2D eigenvalue weighted by Gasteiger charge is 2.10. The molecule has 104 valence electrons. The van der Waals surface area contributed by atoms with Gasteiger partial charge in [-0.3, -0.25) is 4.79 Å². The van der Waals surface area contributed by atoms with Gasteiger partial charge in [-0.25, -0.2) is 0 Å². The molecule has 0 unspecified atom stereocenters. The van der Waals surface area contributed by atoms with Crippen LogP contribution in [0.1, 0.15) is 5.56 Å². The van der Waals surface area contributed by atoms with Crippen molar-refractivity contribution in [3.05, 3.63) is 58.1 Å². The maximum absolute atomic E-state index is 11.5. The molecule has 5 heteroatoms. The molecule has 1 amide bonds. The number of likely N-dealkylation sites (N-methyl/N-ethyl adjacent to an activating group) is 1. The number of nitrogens with one attached hydrogen (secondary N) is 2. The van der Waals surface area contributed by atoms with Crippen LogP contribution in [0.15, 0.2) is 42.5 Å². The summed E-state index contributed by atoms with van der Waals surface area (Å²) in [6, 6.07) is 12.9. The molecule has 0 aliphatic carbocycles. The van der Waals surface area contributed by atoms with E-state index in [0.29, 0.717) is 22.2 Å². The summed E-state index contributed by atoms with van der Waals surface area (Å²) in [7, 11) is 1.61. The fraction of sp³-hybridized carbons (Fsp3) is 0.133. The largest absolute Gasteiger partial charge is 0.359 e. The van der Waals surface area contributed by atoms with Gasteiger partial charge in [-0.2, -0.15) is 0 Å². The van der Waals surface area contributed by atoms with Gasteiger partial charge in [0.2, 0.25) is 5.91 Å². The summed E-state index contributed by atoms with van der Waals surface area (Å²) in [5.41, 5.74) is 2.33. The zero-order valence-electron chi connectivity index (χ0n) is 10.9. The van der Waals surface area contributed by atoms with E-state index >= 15 is 0 Å².